The summed E-state index contributed by atoms with van der Waals surface area (Å²) in [6.45, 7) is 4.06. The molecule has 2 aromatic carbocycles. The molecule has 172 valence electrons. The zero-order valence-electron chi connectivity index (χ0n) is 18.0. The number of aryl methyl sites for hydroxylation is 2. The van der Waals surface area contributed by atoms with Gasteiger partial charge in [-0.15, -0.1) is 0 Å². The fraction of sp³-hybridized carbons (Fsp3) is 0.318. The second kappa shape index (κ2) is 9.25. The highest BCUT2D eigenvalue weighted by Gasteiger charge is 2.43. The first-order valence-electron chi connectivity index (χ1n) is 10.3. The van der Waals surface area contributed by atoms with Crippen LogP contribution in [0.25, 0.3) is 0 Å². The number of benzene rings is 2. The highest BCUT2D eigenvalue weighted by atomic mass is 16.6. The number of aromatic nitrogens is 2. The van der Waals surface area contributed by atoms with Crippen LogP contribution in [-0.2, 0) is 4.74 Å². The zero-order valence-corrected chi connectivity index (χ0v) is 18.0. The van der Waals surface area contributed by atoms with Gasteiger partial charge in [0.25, 0.3) is 0 Å². The average molecular weight is 454 g/mol. The lowest BCUT2D eigenvalue weighted by molar-refractivity contribution is -0.404. The van der Waals surface area contributed by atoms with Crippen molar-refractivity contribution in [1.29, 1.82) is 0 Å². The van der Waals surface area contributed by atoms with Crippen molar-refractivity contribution in [2.45, 2.75) is 38.7 Å². The van der Waals surface area contributed by atoms with Gasteiger partial charge in [-0.05, 0) is 52.9 Å². The van der Waals surface area contributed by atoms with Gasteiger partial charge in [-0.1, -0.05) is 35.4 Å². The standard InChI is InChI=1S/C22H22N4O7/c1-14-3-7-16(8-4-14)31-13-19-18(32-17-9-5-15(2)6-10-17)11-21(33-19)24-12-20(25(27)28)23-22(24)26(29)30/h3-10,12,18-19,21H,11,13H2,1-2H3/t18-,19+,21+/m0/s1. The molecule has 0 N–H and O–H groups in total. The molecule has 1 aliphatic heterocycles. The molecule has 1 aliphatic rings. The molecule has 0 unspecified atom stereocenters. The third-order valence-corrected chi connectivity index (χ3v) is 5.28. The predicted molar refractivity (Wildman–Crippen MR) is 116 cm³/mol. The molecule has 0 amide bonds. The van der Waals surface area contributed by atoms with E-state index in [0.29, 0.717) is 11.5 Å². The van der Waals surface area contributed by atoms with Crippen LogP contribution in [-0.4, -0.2) is 38.2 Å². The molecule has 0 saturated carbocycles. The normalized spacial score (nSPS) is 19.9. The number of nitrogens with zero attached hydrogens (tertiary/aromatic N) is 4. The van der Waals surface area contributed by atoms with Gasteiger partial charge in [-0.25, -0.2) is 0 Å². The minimum atomic E-state index is -0.881. The van der Waals surface area contributed by atoms with Crippen molar-refractivity contribution in [1.82, 2.24) is 9.55 Å². The first kappa shape index (κ1) is 22.2. The number of hydrogen-bond acceptors (Lipinski definition) is 8. The molecule has 0 radical (unpaired) electrons. The van der Waals surface area contributed by atoms with Crippen molar-refractivity contribution >= 4 is 11.8 Å². The molecule has 11 nitrogen and oxygen atoms in total. The Hall–Kier alpha value is -3.99. The number of rotatable bonds is 8. The van der Waals surface area contributed by atoms with Gasteiger partial charge in [0.2, 0.25) is 0 Å². The summed E-state index contributed by atoms with van der Waals surface area (Å²) in [5, 5.41) is 22.5. The van der Waals surface area contributed by atoms with Crippen LogP contribution in [0.15, 0.2) is 54.7 Å². The lowest BCUT2D eigenvalue weighted by atomic mass is 10.1. The van der Waals surface area contributed by atoms with Gasteiger partial charge in [-0.3, -0.25) is 0 Å². The van der Waals surface area contributed by atoms with E-state index in [1.165, 1.54) is 0 Å². The minimum Gasteiger partial charge on any atom is -0.491 e. The summed E-state index contributed by atoms with van der Waals surface area (Å²) in [6, 6.07) is 15.0. The molecule has 3 aromatic rings. The van der Waals surface area contributed by atoms with E-state index in [2.05, 4.69) is 4.98 Å². The molecule has 1 fully saturated rings. The maximum atomic E-state index is 11.4. The summed E-state index contributed by atoms with van der Waals surface area (Å²) in [5.74, 6) is -0.0335. The second-order valence-corrected chi connectivity index (χ2v) is 7.78. The number of nitro groups is 2. The Kier molecular flexibility index (Phi) is 6.22. The Morgan fingerprint density at radius 2 is 1.61 bits per heavy atom. The van der Waals surface area contributed by atoms with Gasteiger partial charge in [0.05, 0.1) is 0 Å². The van der Waals surface area contributed by atoms with Crippen molar-refractivity contribution in [3.63, 3.8) is 0 Å². The molecule has 0 spiro atoms. The summed E-state index contributed by atoms with van der Waals surface area (Å²) >= 11 is 0. The summed E-state index contributed by atoms with van der Waals surface area (Å²) in [5.41, 5.74) is 2.16. The molecule has 1 saturated heterocycles. The third-order valence-electron chi connectivity index (χ3n) is 5.28. The van der Waals surface area contributed by atoms with Crippen molar-refractivity contribution < 1.29 is 24.1 Å². The number of imidazole rings is 1. The smallest absolute Gasteiger partial charge is 0.441 e. The maximum absolute atomic E-state index is 11.4. The Morgan fingerprint density at radius 1 is 1.00 bits per heavy atom. The molecular formula is C22H22N4O7. The lowest BCUT2D eigenvalue weighted by Crippen LogP contribution is -2.32. The van der Waals surface area contributed by atoms with Gasteiger partial charge in [0, 0.05) is 6.42 Å². The van der Waals surface area contributed by atoms with E-state index in [9.17, 15) is 20.2 Å². The summed E-state index contributed by atoms with van der Waals surface area (Å²) in [6.07, 6.45) is -0.754. The highest BCUT2D eigenvalue weighted by Crippen LogP contribution is 2.35. The Balaban J connectivity index is 1.57. The Bertz CT molecular complexity index is 1140. The second-order valence-electron chi connectivity index (χ2n) is 7.78. The zero-order chi connectivity index (χ0) is 23.5. The maximum Gasteiger partial charge on any atom is 0.441 e. The van der Waals surface area contributed by atoms with E-state index in [1.807, 2.05) is 62.4 Å². The summed E-state index contributed by atoms with van der Waals surface area (Å²) < 4.78 is 19.1. The monoisotopic (exact) mass is 454 g/mol. The highest BCUT2D eigenvalue weighted by molar-refractivity contribution is 5.28. The average Bonchev–Trinajstić information content (AvgIpc) is 3.40. The van der Waals surface area contributed by atoms with E-state index >= 15 is 0 Å². The minimum absolute atomic E-state index is 0.126. The molecule has 1 aromatic heterocycles. The fourth-order valence-corrected chi connectivity index (χ4v) is 3.56. The number of ether oxygens (including phenoxy) is 3. The first-order chi connectivity index (χ1) is 15.8. The van der Waals surface area contributed by atoms with Gasteiger partial charge in [-0.2, -0.15) is 4.57 Å². The van der Waals surface area contributed by atoms with Crippen LogP contribution >= 0.6 is 0 Å². The van der Waals surface area contributed by atoms with Crippen LogP contribution in [0.4, 0.5) is 11.8 Å². The van der Waals surface area contributed by atoms with Gasteiger partial charge >= 0.3 is 11.8 Å². The SMILES string of the molecule is Cc1ccc(OC[C@H]2O[C@@H](n3cc([N+](=O)[O-])nc3[N+](=O)[O-])C[C@@H]2Oc2ccc(C)cc2)cc1. The van der Waals surface area contributed by atoms with E-state index < -0.39 is 40.0 Å². The largest absolute Gasteiger partial charge is 0.491 e. The molecular weight excluding hydrogens is 432 g/mol. The van der Waals surface area contributed by atoms with Gasteiger partial charge in [0.15, 0.2) is 12.4 Å². The molecule has 2 heterocycles. The van der Waals surface area contributed by atoms with E-state index in [-0.39, 0.29) is 13.0 Å². The molecule has 0 aliphatic carbocycles. The third kappa shape index (κ3) is 5.09. The molecule has 0 bridgehead atoms. The summed E-state index contributed by atoms with van der Waals surface area (Å²) in [7, 11) is 0. The van der Waals surface area contributed by atoms with Crippen LogP contribution in [0, 0.1) is 34.1 Å². The quantitative estimate of drug-likeness (QED) is 0.367. The molecule has 4 rings (SSSR count). The van der Waals surface area contributed by atoms with Gasteiger partial charge < -0.3 is 34.4 Å². The van der Waals surface area contributed by atoms with Crippen LogP contribution in [0.5, 0.6) is 11.5 Å². The Morgan fingerprint density at radius 3 is 2.18 bits per heavy atom. The van der Waals surface area contributed by atoms with Crippen molar-refractivity contribution in [3.8, 4) is 11.5 Å². The molecule has 33 heavy (non-hydrogen) atoms. The van der Waals surface area contributed by atoms with Crippen LogP contribution in [0.3, 0.4) is 0 Å². The van der Waals surface area contributed by atoms with E-state index in [0.717, 1.165) is 21.9 Å². The Labute approximate surface area is 188 Å². The van der Waals surface area contributed by atoms with Crippen molar-refractivity contribution in [3.05, 3.63) is 86.1 Å². The first-order valence-corrected chi connectivity index (χ1v) is 10.3. The predicted octanol–water partition coefficient (Wildman–Crippen LogP) is 4.13. The topological polar surface area (TPSA) is 132 Å². The van der Waals surface area contributed by atoms with Crippen LogP contribution in [0.2, 0.25) is 0 Å². The number of hydrogen-bond donors (Lipinski definition) is 0. The van der Waals surface area contributed by atoms with Crippen LogP contribution in [0.1, 0.15) is 23.8 Å². The molecule has 11 heteroatoms. The van der Waals surface area contributed by atoms with Crippen molar-refractivity contribution in [2.75, 3.05) is 6.61 Å². The van der Waals surface area contributed by atoms with Crippen LogP contribution < -0.4 is 9.47 Å². The van der Waals surface area contributed by atoms with E-state index in [4.69, 9.17) is 14.2 Å². The summed E-state index contributed by atoms with van der Waals surface area (Å²) in [4.78, 5) is 24.5. The lowest BCUT2D eigenvalue weighted by Gasteiger charge is -2.20. The van der Waals surface area contributed by atoms with E-state index in [1.54, 1.807) is 0 Å². The molecule has 3 atom stereocenters. The van der Waals surface area contributed by atoms with Gasteiger partial charge in [0.1, 0.15) is 30.3 Å². The fourth-order valence-electron chi connectivity index (χ4n) is 3.56. The van der Waals surface area contributed by atoms with Crippen molar-refractivity contribution in [2.24, 2.45) is 0 Å².